The normalized spacial score (nSPS) is 15.2. The third-order valence-electron chi connectivity index (χ3n) is 3.39. The maximum Gasteiger partial charge on any atom is 0.344 e. The summed E-state index contributed by atoms with van der Waals surface area (Å²) < 4.78 is 10.6. The van der Waals surface area contributed by atoms with Gasteiger partial charge in [-0.15, -0.1) is 0 Å². The summed E-state index contributed by atoms with van der Waals surface area (Å²) in [6, 6.07) is 0. The second-order valence-corrected chi connectivity index (χ2v) is 5.76. The van der Waals surface area contributed by atoms with Crippen LogP contribution >= 0.6 is 11.8 Å². The van der Waals surface area contributed by atoms with Gasteiger partial charge in [0.25, 0.3) is 0 Å². The highest BCUT2D eigenvalue weighted by atomic mass is 32.2. The summed E-state index contributed by atoms with van der Waals surface area (Å²) in [6.45, 7) is 5.88. The number of anilines is 1. The van der Waals surface area contributed by atoms with Crippen LogP contribution in [0.25, 0.3) is 0 Å². The van der Waals surface area contributed by atoms with Gasteiger partial charge in [-0.25, -0.2) is 14.8 Å². The predicted molar refractivity (Wildman–Crippen MR) is 87.4 cm³/mol. The molecule has 1 saturated heterocycles. The molecule has 2 rings (SSSR count). The first kappa shape index (κ1) is 17.7. The minimum absolute atomic E-state index is 0.114. The first-order valence-corrected chi connectivity index (χ1v) is 8.77. The predicted octanol–water partition coefficient (Wildman–Crippen LogP) is 1.80. The SMILES string of the molecule is CCOC(=O)c1c(C(C)=O)nc(SC)nc1N1CCCOCC1. The third kappa shape index (κ3) is 4.20. The van der Waals surface area contributed by atoms with Crippen molar-refractivity contribution >= 4 is 29.3 Å². The van der Waals surface area contributed by atoms with Crippen LogP contribution in [0.3, 0.4) is 0 Å². The Morgan fingerprint density at radius 2 is 2.09 bits per heavy atom. The Balaban J connectivity index is 2.57. The lowest BCUT2D eigenvalue weighted by molar-refractivity contribution is 0.0522. The monoisotopic (exact) mass is 339 g/mol. The largest absolute Gasteiger partial charge is 0.462 e. The molecule has 1 aliphatic rings. The molecule has 0 radical (unpaired) electrons. The van der Waals surface area contributed by atoms with Crippen LogP contribution in [-0.4, -0.2) is 60.9 Å². The highest BCUT2D eigenvalue weighted by Crippen LogP contribution is 2.26. The summed E-state index contributed by atoms with van der Waals surface area (Å²) in [6.07, 6.45) is 2.66. The number of rotatable bonds is 5. The maximum atomic E-state index is 12.4. The number of hydrogen-bond donors (Lipinski definition) is 0. The number of esters is 1. The van der Waals surface area contributed by atoms with Gasteiger partial charge in [0.15, 0.2) is 10.9 Å². The highest BCUT2D eigenvalue weighted by molar-refractivity contribution is 7.98. The summed E-state index contributed by atoms with van der Waals surface area (Å²) in [7, 11) is 0. The van der Waals surface area contributed by atoms with Crippen LogP contribution < -0.4 is 4.90 Å². The van der Waals surface area contributed by atoms with E-state index in [0.29, 0.717) is 37.3 Å². The highest BCUT2D eigenvalue weighted by Gasteiger charge is 2.28. The first-order valence-electron chi connectivity index (χ1n) is 7.55. The summed E-state index contributed by atoms with van der Waals surface area (Å²) in [5, 5.41) is 0.461. The van der Waals surface area contributed by atoms with Crippen molar-refractivity contribution in [3.8, 4) is 0 Å². The van der Waals surface area contributed by atoms with Crippen LogP contribution in [-0.2, 0) is 9.47 Å². The Kier molecular flexibility index (Phi) is 6.35. The van der Waals surface area contributed by atoms with Crippen molar-refractivity contribution in [2.24, 2.45) is 0 Å². The lowest BCUT2D eigenvalue weighted by Crippen LogP contribution is -2.30. The van der Waals surface area contributed by atoms with Gasteiger partial charge in [-0.2, -0.15) is 0 Å². The molecule has 0 unspecified atom stereocenters. The smallest absolute Gasteiger partial charge is 0.344 e. The van der Waals surface area contributed by atoms with E-state index in [1.165, 1.54) is 18.7 Å². The topological polar surface area (TPSA) is 81.6 Å². The molecule has 2 heterocycles. The third-order valence-corrected chi connectivity index (χ3v) is 3.93. The van der Waals surface area contributed by atoms with Crippen molar-refractivity contribution in [3.63, 3.8) is 0 Å². The summed E-state index contributed by atoms with van der Waals surface area (Å²) in [5.41, 5.74) is 0.266. The van der Waals surface area contributed by atoms with Gasteiger partial charge in [0.2, 0.25) is 0 Å². The Morgan fingerprint density at radius 3 is 2.74 bits per heavy atom. The summed E-state index contributed by atoms with van der Waals surface area (Å²) in [4.78, 5) is 35.0. The Morgan fingerprint density at radius 1 is 1.30 bits per heavy atom. The summed E-state index contributed by atoms with van der Waals surface area (Å²) in [5.74, 6) is -0.387. The van der Waals surface area contributed by atoms with Gasteiger partial charge in [0.1, 0.15) is 17.1 Å². The molecule has 0 aromatic carbocycles. The average Bonchev–Trinajstić information content (AvgIpc) is 2.82. The van der Waals surface area contributed by atoms with E-state index < -0.39 is 5.97 Å². The van der Waals surface area contributed by atoms with Gasteiger partial charge < -0.3 is 14.4 Å². The summed E-state index contributed by atoms with van der Waals surface area (Å²) >= 11 is 1.33. The standard InChI is InChI=1S/C15H21N3O4S/c1-4-22-14(20)11-12(10(2)19)16-15(23-3)17-13(11)18-6-5-8-21-9-7-18/h4-9H2,1-3H3. The number of carbonyl (C=O) groups excluding carboxylic acids is 2. The lowest BCUT2D eigenvalue weighted by atomic mass is 10.1. The van der Waals surface area contributed by atoms with Gasteiger partial charge in [-0.1, -0.05) is 11.8 Å². The zero-order valence-electron chi connectivity index (χ0n) is 13.6. The number of nitrogens with zero attached hydrogens (tertiary/aromatic N) is 3. The number of carbonyl (C=O) groups is 2. The zero-order valence-corrected chi connectivity index (χ0v) is 14.4. The molecule has 0 saturated carbocycles. The average molecular weight is 339 g/mol. The van der Waals surface area contributed by atoms with E-state index in [2.05, 4.69) is 9.97 Å². The van der Waals surface area contributed by atoms with Gasteiger partial charge in [-0.3, -0.25) is 4.79 Å². The molecule has 1 aromatic rings. The number of ketones is 1. The van der Waals surface area contributed by atoms with Gasteiger partial charge in [-0.05, 0) is 19.6 Å². The van der Waals surface area contributed by atoms with Crippen LogP contribution in [0, 0.1) is 0 Å². The quantitative estimate of drug-likeness (QED) is 0.348. The van der Waals surface area contributed by atoms with Gasteiger partial charge in [0.05, 0.1) is 13.2 Å². The molecule has 23 heavy (non-hydrogen) atoms. The number of Topliss-reactive ketones (excluding diaryl/α,β-unsaturated/α-hetero) is 1. The van der Waals surface area contributed by atoms with E-state index in [4.69, 9.17) is 9.47 Å². The fourth-order valence-electron chi connectivity index (χ4n) is 2.35. The second kappa shape index (κ2) is 8.26. The molecule has 7 nitrogen and oxygen atoms in total. The van der Waals surface area contributed by atoms with E-state index in [0.717, 1.165) is 6.42 Å². The molecule has 1 fully saturated rings. The van der Waals surface area contributed by atoms with Gasteiger partial charge >= 0.3 is 5.97 Å². The van der Waals surface area contributed by atoms with E-state index >= 15 is 0 Å². The lowest BCUT2D eigenvalue weighted by Gasteiger charge is -2.24. The number of ether oxygens (including phenoxy) is 2. The first-order chi connectivity index (χ1) is 11.1. The number of thioether (sulfide) groups is 1. The fourth-order valence-corrected chi connectivity index (χ4v) is 2.71. The molecule has 0 bridgehead atoms. The molecule has 126 valence electrons. The van der Waals surface area contributed by atoms with Gasteiger partial charge in [0, 0.05) is 26.6 Å². The van der Waals surface area contributed by atoms with E-state index in [1.54, 1.807) is 6.92 Å². The van der Waals surface area contributed by atoms with E-state index in [9.17, 15) is 9.59 Å². The van der Waals surface area contributed by atoms with Crippen molar-refractivity contribution in [2.75, 3.05) is 44.1 Å². The van der Waals surface area contributed by atoms with Crippen LogP contribution in [0.15, 0.2) is 5.16 Å². The Labute approximate surface area is 139 Å². The molecule has 0 amide bonds. The number of hydrogen-bond acceptors (Lipinski definition) is 8. The molecular weight excluding hydrogens is 318 g/mol. The maximum absolute atomic E-state index is 12.4. The molecule has 1 aliphatic heterocycles. The van der Waals surface area contributed by atoms with Crippen molar-refractivity contribution in [1.82, 2.24) is 9.97 Å². The Hall–Kier alpha value is -1.67. The van der Waals surface area contributed by atoms with Crippen LogP contribution in [0.2, 0.25) is 0 Å². The van der Waals surface area contributed by atoms with E-state index in [-0.39, 0.29) is 23.6 Å². The van der Waals surface area contributed by atoms with Crippen molar-refractivity contribution < 1.29 is 19.1 Å². The van der Waals surface area contributed by atoms with Crippen molar-refractivity contribution in [1.29, 1.82) is 0 Å². The van der Waals surface area contributed by atoms with Crippen molar-refractivity contribution in [3.05, 3.63) is 11.3 Å². The molecule has 0 aliphatic carbocycles. The van der Waals surface area contributed by atoms with Crippen LogP contribution in [0.5, 0.6) is 0 Å². The molecule has 8 heteroatoms. The van der Waals surface area contributed by atoms with E-state index in [1.807, 2.05) is 11.2 Å². The number of aromatic nitrogens is 2. The fraction of sp³-hybridized carbons (Fsp3) is 0.600. The molecule has 0 N–H and O–H groups in total. The Bertz CT molecular complexity index is 586. The van der Waals surface area contributed by atoms with Crippen LogP contribution in [0.1, 0.15) is 41.1 Å². The zero-order chi connectivity index (χ0) is 16.8. The molecule has 0 spiro atoms. The van der Waals surface area contributed by atoms with Crippen molar-refractivity contribution in [2.45, 2.75) is 25.4 Å². The van der Waals surface area contributed by atoms with Crippen LogP contribution in [0.4, 0.5) is 5.82 Å². The minimum atomic E-state index is -0.564. The molecular formula is C15H21N3O4S. The molecule has 1 aromatic heterocycles. The minimum Gasteiger partial charge on any atom is -0.462 e. The second-order valence-electron chi connectivity index (χ2n) is 4.99. The molecule has 0 atom stereocenters.